The second kappa shape index (κ2) is 7.58. The fraction of sp³-hybridized carbons (Fsp3) is 0.333. The number of aliphatic carboxylic acids is 1. The molecule has 2 N–H and O–H groups in total. The minimum absolute atomic E-state index is 0.130. The third-order valence-electron chi connectivity index (χ3n) is 2.28. The Bertz CT molecular complexity index is 451. The zero-order valence-corrected chi connectivity index (χ0v) is 12.5. The fourth-order valence-corrected chi connectivity index (χ4v) is 2.12. The summed E-state index contributed by atoms with van der Waals surface area (Å²) in [6.45, 7) is 0.467. The number of carbonyl (C=O) groups is 2. The smallest absolute Gasteiger partial charge is 0.303 e. The number of hydrogen-bond donors (Lipinski definition) is 2. The van der Waals surface area contributed by atoms with Gasteiger partial charge < -0.3 is 10.4 Å². The van der Waals surface area contributed by atoms with Gasteiger partial charge in [-0.2, -0.15) is 0 Å². The molecule has 1 amide bonds. The summed E-state index contributed by atoms with van der Waals surface area (Å²) in [4.78, 5) is 22.1. The zero-order valence-electron chi connectivity index (χ0n) is 9.58. The lowest BCUT2D eigenvalue weighted by Gasteiger charge is -2.06. The minimum atomic E-state index is -0.814. The first-order chi connectivity index (χ1) is 8.50. The number of carboxylic acid groups (broad SMARTS) is 1. The van der Waals surface area contributed by atoms with Gasteiger partial charge >= 0.3 is 5.97 Å². The first kappa shape index (κ1) is 15.2. The quantitative estimate of drug-likeness (QED) is 0.588. The Kier molecular flexibility index (Phi) is 6.42. The number of nitrogens with one attached hydrogen (secondary N) is 1. The van der Waals surface area contributed by atoms with Gasteiger partial charge in [0, 0.05) is 21.6 Å². The third-order valence-corrected chi connectivity index (χ3v) is 3.45. The van der Waals surface area contributed by atoms with Crippen LogP contribution in [0.1, 0.15) is 29.6 Å². The first-order valence-electron chi connectivity index (χ1n) is 5.45. The lowest BCUT2D eigenvalue weighted by atomic mass is 10.2. The van der Waals surface area contributed by atoms with Crippen LogP contribution in [0, 0.1) is 3.57 Å². The number of rotatable bonds is 6. The number of carboxylic acids is 1. The predicted octanol–water partition coefficient (Wildman–Crippen LogP) is 2.93. The summed E-state index contributed by atoms with van der Waals surface area (Å²) < 4.78 is 0.833. The van der Waals surface area contributed by atoms with E-state index in [0.29, 0.717) is 30.0 Å². The van der Waals surface area contributed by atoms with Crippen molar-refractivity contribution in [3.63, 3.8) is 0 Å². The van der Waals surface area contributed by atoms with Crippen LogP contribution in [-0.2, 0) is 4.79 Å². The average molecular weight is 382 g/mol. The minimum Gasteiger partial charge on any atom is -0.481 e. The van der Waals surface area contributed by atoms with Crippen molar-refractivity contribution < 1.29 is 14.7 Å². The van der Waals surface area contributed by atoms with Crippen molar-refractivity contribution in [3.05, 3.63) is 32.4 Å². The van der Waals surface area contributed by atoms with Gasteiger partial charge in [-0.15, -0.1) is 0 Å². The summed E-state index contributed by atoms with van der Waals surface area (Å²) in [5, 5.41) is 11.7. The normalized spacial score (nSPS) is 10.1. The standard InChI is InChI=1S/C12H13ClINO3/c13-8-4-5-10(14)9(7-8)12(18)15-6-2-1-3-11(16)17/h4-5,7H,1-3,6H2,(H,15,18)(H,16,17). The largest absolute Gasteiger partial charge is 0.481 e. The second-order valence-corrected chi connectivity index (χ2v) is 5.33. The molecule has 18 heavy (non-hydrogen) atoms. The summed E-state index contributed by atoms with van der Waals surface area (Å²) >= 11 is 7.90. The van der Waals surface area contributed by atoms with Gasteiger partial charge in [-0.3, -0.25) is 9.59 Å². The molecular formula is C12H13ClINO3. The van der Waals surface area contributed by atoms with E-state index >= 15 is 0 Å². The van der Waals surface area contributed by atoms with Gasteiger partial charge in [-0.05, 0) is 53.6 Å². The number of hydrogen-bond acceptors (Lipinski definition) is 2. The summed E-state index contributed by atoms with van der Waals surface area (Å²) in [6.07, 6.45) is 1.34. The molecule has 4 nitrogen and oxygen atoms in total. The summed E-state index contributed by atoms with van der Waals surface area (Å²) in [6, 6.07) is 5.13. The maximum absolute atomic E-state index is 11.8. The Balaban J connectivity index is 2.41. The Morgan fingerprint density at radius 3 is 2.72 bits per heavy atom. The number of benzene rings is 1. The zero-order chi connectivity index (χ0) is 13.5. The van der Waals surface area contributed by atoms with Crippen molar-refractivity contribution in [2.45, 2.75) is 19.3 Å². The van der Waals surface area contributed by atoms with E-state index in [-0.39, 0.29) is 12.3 Å². The van der Waals surface area contributed by atoms with Crippen LogP contribution < -0.4 is 5.32 Å². The number of halogens is 2. The Morgan fingerprint density at radius 2 is 2.06 bits per heavy atom. The van der Waals surface area contributed by atoms with Crippen molar-refractivity contribution in [2.75, 3.05) is 6.54 Å². The molecule has 1 aromatic carbocycles. The van der Waals surface area contributed by atoms with Crippen molar-refractivity contribution >= 4 is 46.1 Å². The topological polar surface area (TPSA) is 66.4 Å². The summed E-state index contributed by atoms with van der Waals surface area (Å²) in [5.74, 6) is -0.997. The van der Waals surface area contributed by atoms with Crippen molar-refractivity contribution in [1.82, 2.24) is 5.32 Å². The second-order valence-electron chi connectivity index (χ2n) is 3.73. The Labute approximate surface area is 124 Å². The molecule has 6 heteroatoms. The highest BCUT2D eigenvalue weighted by atomic mass is 127. The molecule has 0 radical (unpaired) electrons. The van der Waals surface area contributed by atoms with Crippen LogP contribution >= 0.6 is 34.2 Å². The molecular weight excluding hydrogens is 368 g/mol. The van der Waals surface area contributed by atoms with E-state index in [0.717, 1.165) is 3.57 Å². The highest BCUT2D eigenvalue weighted by molar-refractivity contribution is 14.1. The number of unbranched alkanes of at least 4 members (excludes halogenated alkanes) is 1. The monoisotopic (exact) mass is 381 g/mol. The molecule has 1 rings (SSSR count). The molecule has 0 heterocycles. The SMILES string of the molecule is O=C(O)CCCCNC(=O)c1cc(Cl)ccc1I. The van der Waals surface area contributed by atoms with Crippen LogP contribution in [0.2, 0.25) is 5.02 Å². The first-order valence-corrected chi connectivity index (χ1v) is 6.91. The highest BCUT2D eigenvalue weighted by Gasteiger charge is 2.09. The molecule has 0 spiro atoms. The molecule has 98 valence electrons. The molecule has 0 aliphatic rings. The molecule has 0 aliphatic heterocycles. The van der Waals surface area contributed by atoms with E-state index in [2.05, 4.69) is 27.9 Å². The van der Waals surface area contributed by atoms with Crippen LogP contribution in [0.3, 0.4) is 0 Å². The van der Waals surface area contributed by atoms with Crippen LogP contribution in [0.15, 0.2) is 18.2 Å². The van der Waals surface area contributed by atoms with E-state index in [4.69, 9.17) is 16.7 Å². The highest BCUT2D eigenvalue weighted by Crippen LogP contribution is 2.17. The van der Waals surface area contributed by atoms with E-state index in [1.54, 1.807) is 18.2 Å². The fourth-order valence-electron chi connectivity index (χ4n) is 1.37. The maximum Gasteiger partial charge on any atom is 0.303 e. The van der Waals surface area contributed by atoms with Crippen LogP contribution in [0.4, 0.5) is 0 Å². The molecule has 0 saturated carbocycles. The molecule has 0 fully saturated rings. The average Bonchev–Trinajstić information content (AvgIpc) is 2.31. The number of carbonyl (C=O) groups excluding carboxylic acids is 1. The van der Waals surface area contributed by atoms with Gasteiger partial charge in [-0.25, -0.2) is 0 Å². The van der Waals surface area contributed by atoms with Crippen LogP contribution in [0.25, 0.3) is 0 Å². The van der Waals surface area contributed by atoms with Crippen molar-refractivity contribution in [2.24, 2.45) is 0 Å². The molecule has 0 bridgehead atoms. The van der Waals surface area contributed by atoms with Crippen LogP contribution in [0.5, 0.6) is 0 Å². The van der Waals surface area contributed by atoms with E-state index < -0.39 is 5.97 Å². The van der Waals surface area contributed by atoms with Gasteiger partial charge in [-0.1, -0.05) is 11.6 Å². The van der Waals surface area contributed by atoms with Crippen LogP contribution in [-0.4, -0.2) is 23.5 Å². The van der Waals surface area contributed by atoms with Crippen molar-refractivity contribution in [3.8, 4) is 0 Å². The number of amides is 1. The maximum atomic E-state index is 11.8. The van der Waals surface area contributed by atoms with Gasteiger partial charge in [0.25, 0.3) is 5.91 Å². The molecule has 0 saturated heterocycles. The van der Waals surface area contributed by atoms with Gasteiger partial charge in [0.05, 0.1) is 5.56 Å². The summed E-state index contributed by atoms with van der Waals surface area (Å²) in [7, 11) is 0. The molecule has 0 unspecified atom stereocenters. The van der Waals surface area contributed by atoms with E-state index in [1.165, 1.54) is 0 Å². The molecule has 0 aromatic heterocycles. The molecule has 1 aromatic rings. The van der Waals surface area contributed by atoms with Gasteiger partial charge in [0.15, 0.2) is 0 Å². The van der Waals surface area contributed by atoms with Gasteiger partial charge in [0.2, 0.25) is 0 Å². The van der Waals surface area contributed by atoms with E-state index in [9.17, 15) is 9.59 Å². The summed E-state index contributed by atoms with van der Waals surface area (Å²) in [5.41, 5.74) is 0.543. The molecule has 0 aliphatic carbocycles. The third kappa shape index (κ3) is 5.22. The van der Waals surface area contributed by atoms with Crippen molar-refractivity contribution in [1.29, 1.82) is 0 Å². The van der Waals surface area contributed by atoms with E-state index in [1.807, 2.05) is 0 Å². The Morgan fingerprint density at radius 1 is 1.33 bits per heavy atom. The predicted molar refractivity (Wildman–Crippen MR) is 78.0 cm³/mol. The molecule has 0 atom stereocenters. The lowest BCUT2D eigenvalue weighted by Crippen LogP contribution is -2.25. The Hall–Kier alpha value is -0.820. The van der Waals surface area contributed by atoms with Gasteiger partial charge in [0.1, 0.15) is 0 Å². The lowest BCUT2D eigenvalue weighted by molar-refractivity contribution is -0.137.